The summed E-state index contributed by atoms with van der Waals surface area (Å²) >= 11 is 6.39. The summed E-state index contributed by atoms with van der Waals surface area (Å²) in [5, 5.41) is 0.459. The average molecular weight is 345 g/mol. The van der Waals surface area contributed by atoms with Gasteiger partial charge in [-0.2, -0.15) is 0 Å². The lowest BCUT2D eigenvalue weighted by molar-refractivity contribution is -0.118. The molecule has 0 unspecified atom stereocenters. The molecule has 4 rings (SSSR count). The molecule has 2 nitrogen and oxygen atoms in total. The van der Waals surface area contributed by atoms with Crippen LogP contribution in [0.4, 0.5) is 0 Å². The Morgan fingerprint density at radius 1 is 1.21 bits per heavy atom. The summed E-state index contributed by atoms with van der Waals surface area (Å²) in [6.07, 6.45) is 11.2. The van der Waals surface area contributed by atoms with Crippen molar-refractivity contribution in [2.24, 2.45) is 28.6 Å². The monoisotopic (exact) mass is 344 g/mol. The third-order valence-corrected chi connectivity index (χ3v) is 7.98. The van der Waals surface area contributed by atoms with E-state index in [1.54, 1.807) is 6.92 Å². The summed E-state index contributed by atoms with van der Waals surface area (Å²) in [5.74, 6) is 1.83. The molecule has 0 heterocycles. The molecule has 4 aliphatic carbocycles. The standard InChI is InChI=1S/C21H25ClO2/c1-12(23)14-6-7-15-13-4-5-17-19(22)18(24)9-11-21(17,3)16(13)8-10-20(14,15)2/h4-6,13,15-16H,7-11H2,1-3H3/t13-,15-,16-,20+,21+/m0/s1. The molecule has 0 saturated heterocycles. The van der Waals surface area contributed by atoms with Crippen molar-refractivity contribution in [2.45, 2.75) is 52.9 Å². The fourth-order valence-corrected chi connectivity index (χ4v) is 6.57. The van der Waals surface area contributed by atoms with Gasteiger partial charge < -0.3 is 0 Å². The molecular formula is C21H25ClO2. The normalized spacial score (nSPS) is 43.9. The van der Waals surface area contributed by atoms with E-state index in [0.29, 0.717) is 29.2 Å². The largest absolute Gasteiger partial charge is 0.295 e. The number of Topliss-reactive ketones (excluding diaryl/α,β-unsaturated/α-hetero) is 2. The van der Waals surface area contributed by atoms with Gasteiger partial charge in [0.05, 0.1) is 5.03 Å². The number of ketones is 2. The molecular weight excluding hydrogens is 320 g/mol. The lowest BCUT2D eigenvalue weighted by Crippen LogP contribution is -2.49. The van der Waals surface area contributed by atoms with Gasteiger partial charge in [-0.05, 0) is 72.3 Å². The number of carbonyl (C=O) groups excluding carboxylic acids is 2. The van der Waals surface area contributed by atoms with Gasteiger partial charge in [-0.25, -0.2) is 0 Å². The van der Waals surface area contributed by atoms with Crippen LogP contribution in [0, 0.1) is 28.6 Å². The highest BCUT2D eigenvalue weighted by atomic mass is 35.5. The molecule has 0 aromatic rings. The number of carbonyl (C=O) groups is 2. The van der Waals surface area contributed by atoms with Gasteiger partial charge in [0, 0.05) is 6.42 Å². The molecule has 0 amide bonds. The van der Waals surface area contributed by atoms with Crippen LogP contribution in [0.1, 0.15) is 52.9 Å². The Labute approximate surface area is 149 Å². The molecule has 0 aromatic carbocycles. The predicted molar refractivity (Wildman–Crippen MR) is 95.6 cm³/mol. The lowest BCUT2D eigenvalue weighted by atomic mass is 9.48. The fraction of sp³-hybridized carbons (Fsp3) is 0.619. The maximum atomic E-state index is 12.1. The number of halogens is 1. The van der Waals surface area contributed by atoms with Crippen LogP contribution in [-0.2, 0) is 9.59 Å². The van der Waals surface area contributed by atoms with E-state index >= 15 is 0 Å². The maximum absolute atomic E-state index is 12.1. The molecule has 3 heteroatoms. The molecule has 0 N–H and O–H groups in total. The van der Waals surface area contributed by atoms with Crippen LogP contribution < -0.4 is 0 Å². The third kappa shape index (κ3) is 1.95. The molecule has 0 radical (unpaired) electrons. The average Bonchev–Trinajstić information content (AvgIpc) is 2.89. The zero-order valence-corrected chi connectivity index (χ0v) is 15.5. The highest BCUT2D eigenvalue weighted by molar-refractivity contribution is 6.43. The molecule has 0 aliphatic heterocycles. The zero-order chi connectivity index (χ0) is 17.3. The molecule has 0 aromatic heterocycles. The first-order chi connectivity index (χ1) is 11.3. The van der Waals surface area contributed by atoms with Crippen LogP contribution in [-0.4, -0.2) is 11.6 Å². The Morgan fingerprint density at radius 3 is 2.67 bits per heavy atom. The Hall–Kier alpha value is -1.15. The summed E-state index contributed by atoms with van der Waals surface area (Å²) in [6, 6.07) is 0. The predicted octanol–water partition coefficient (Wildman–Crippen LogP) is 4.99. The van der Waals surface area contributed by atoms with Crippen molar-refractivity contribution < 1.29 is 9.59 Å². The number of rotatable bonds is 1. The van der Waals surface area contributed by atoms with Gasteiger partial charge in [0.15, 0.2) is 11.6 Å². The van der Waals surface area contributed by atoms with Crippen molar-refractivity contribution in [1.29, 1.82) is 0 Å². The van der Waals surface area contributed by atoms with Gasteiger partial charge in [-0.1, -0.05) is 43.7 Å². The van der Waals surface area contributed by atoms with E-state index in [4.69, 9.17) is 11.6 Å². The first-order valence-corrected chi connectivity index (χ1v) is 9.50. The van der Waals surface area contributed by atoms with Crippen LogP contribution in [0.5, 0.6) is 0 Å². The van der Waals surface area contributed by atoms with E-state index in [2.05, 4.69) is 32.1 Å². The number of allylic oxidation sites excluding steroid dienone is 6. The van der Waals surface area contributed by atoms with Gasteiger partial charge in [0.1, 0.15) is 0 Å². The third-order valence-electron chi connectivity index (χ3n) is 7.56. The summed E-state index contributed by atoms with van der Waals surface area (Å²) in [4.78, 5) is 24.1. The van der Waals surface area contributed by atoms with Crippen molar-refractivity contribution in [2.75, 3.05) is 0 Å². The minimum absolute atomic E-state index is 0.00468. The van der Waals surface area contributed by atoms with Crippen molar-refractivity contribution in [3.63, 3.8) is 0 Å². The highest BCUT2D eigenvalue weighted by Gasteiger charge is 2.57. The van der Waals surface area contributed by atoms with Crippen LogP contribution in [0.25, 0.3) is 0 Å². The van der Waals surface area contributed by atoms with Crippen molar-refractivity contribution in [3.05, 3.63) is 34.4 Å². The second-order valence-corrected chi connectivity index (χ2v) is 8.96. The SMILES string of the molecule is CC(=O)C1=CC[C@H]2[C@@H]3C=CC4=C(Cl)C(=O)CC[C@]4(C)[C@H]3CC[C@]12C. The molecule has 5 atom stereocenters. The topological polar surface area (TPSA) is 34.1 Å². The van der Waals surface area contributed by atoms with E-state index in [9.17, 15) is 9.59 Å². The van der Waals surface area contributed by atoms with Crippen LogP contribution >= 0.6 is 11.6 Å². The maximum Gasteiger partial charge on any atom is 0.174 e. The van der Waals surface area contributed by atoms with Gasteiger partial charge in [-0.15, -0.1) is 0 Å². The van der Waals surface area contributed by atoms with Crippen LogP contribution in [0.15, 0.2) is 34.4 Å². The van der Waals surface area contributed by atoms with E-state index in [1.807, 2.05) is 0 Å². The molecule has 1 fully saturated rings. The van der Waals surface area contributed by atoms with Gasteiger partial charge >= 0.3 is 0 Å². The first kappa shape index (κ1) is 16.3. The summed E-state index contributed by atoms with van der Waals surface area (Å²) < 4.78 is 0. The van der Waals surface area contributed by atoms with Gasteiger partial charge in [0.2, 0.25) is 0 Å². The number of hydrogen-bond donors (Lipinski definition) is 0. The second-order valence-electron chi connectivity index (χ2n) is 8.58. The van der Waals surface area contributed by atoms with Crippen molar-refractivity contribution in [1.82, 2.24) is 0 Å². The molecule has 128 valence electrons. The second kappa shape index (κ2) is 5.17. The fourth-order valence-electron chi connectivity index (χ4n) is 6.20. The van der Waals surface area contributed by atoms with Gasteiger partial charge in [0.25, 0.3) is 0 Å². The summed E-state index contributed by atoms with van der Waals surface area (Å²) in [5.41, 5.74) is 2.12. The Morgan fingerprint density at radius 2 is 1.96 bits per heavy atom. The van der Waals surface area contributed by atoms with Crippen molar-refractivity contribution >= 4 is 23.2 Å². The zero-order valence-electron chi connectivity index (χ0n) is 14.7. The first-order valence-electron chi connectivity index (χ1n) is 9.12. The van der Waals surface area contributed by atoms with Crippen molar-refractivity contribution in [3.8, 4) is 0 Å². The summed E-state index contributed by atoms with van der Waals surface area (Å²) in [6.45, 7) is 6.29. The lowest BCUT2D eigenvalue weighted by Gasteiger charge is -2.55. The molecule has 24 heavy (non-hydrogen) atoms. The molecule has 4 aliphatic rings. The van der Waals surface area contributed by atoms with E-state index < -0.39 is 0 Å². The minimum Gasteiger partial charge on any atom is -0.295 e. The van der Waals surface area contributed by atoms with Crippen LogP contribution in [0.2, 0.25) is 0 Å². The minimum atomic E-state index is 0.00468. The smallest absolute Gasteiger partial charge is 0.174 e. The quantitative estimate of drug-likeness (QED) is 0.671. The van der Waals surface area contributed by atoms with Crippen LogP contribution in [0.3, 0.4) is 0 Å². The Kier molecular flexibility index (Phi) is 3.52. The van der Waals surface area contributed by atoms with E-state index in [0.717, 1.165) is 36.8 Å². The Balaban J connectivity index is 1.76. The number of hydrogen-bond acceptors (Lipinski definition) is 2. The van der Waals surface area contributed by atoms with E-state index in [-0.39, 0.29) is 22.4 Å². The molecule has 1 saturated carbocycles. The number of fused-ring (bicyclic) bond motifs is 5. The molecule has 0 bridgehead atoms. The van der Waals surface area contributed by atoms with Gasteiger partial charge in [-0.3, -0.25) is 9.59 Å². The van der Waals surface area contributed by atoms with E-state index in [1.165, 1.54) is 0 Å². The highest BCUT2D eigenvalue weighted by Crippen LogP contribution is 2.64. The molecule has 0 spiro atoms. The Bertz CT molecular complexity index is 728. The summed E-state index contributed by atoms with van der Waals surface area (Å²) in [7, 11) is 0.